The molecule has 0 spiro atoms. The first-order valence-electron chi connectivity index (χ1n) is 5.39. The summed E-state index contributed by atoms with van der Waals surface area (Å²) >= 11 is 0. The summed E-state index contributed by atoms with van der Waals surface area (Å²) in [5.74, 6) is 0.739. The summed E-state index contributed by atoms with van der Waals surface area (Å²) < 4.78 is 7.00. The average Bonchev–Trinajstić information content (AvgIpc) is 2.86. The third kappa shape index (κ3) is 2.13. The normalized spacial score (nSPS) is 9.94. The van der Waals surface area contributed by atoms with Gasteiger partial charge in [-0.05, 0) is 25.1 Å². The molecule has 0 aliphatic carbocycles. The molecule has 0 saturated heterocycles. The van der Waals surface area contributed by atoms with Gasteiger partial charge in [-0.15, -0.1) is 0 Å². The number of nitrogens with zero attached hydrogens (tertiary/aromatic N) is 3. The first-order chi connectivity index (χ1) is 8.28. The van der Waals surface area contributed by atoms with Crippen LogP contribution in [0.5, 0.6) is 5.75 Å². The van der Waals surface area contributed by atoms with Crippen molar-refractivity contribution in [3.8, 4) is 22.9 Å². The van der Waals surface area contributed by atoms with Gasteiger partial charge in [-0.25, -0.2) is 0 Å². The highest BCUT2D eigenvalue weighted by atomic mass is 16.5. The Balaban J connectivity index is 2.52. The van der Waals surface area contributed by atoms with Crippen molar-refractivity contribution in [2.75, 3.05) is 7.11 Å². The van der Waals surface area contributed by atoms with Crippen LogP contribution in [-0.2, 0) is 6.54 Å². The van der Waals surface area contributed by atoms with Gasteiger partial charge in [0.15, 0.2) is 0 Å². The van der Waals surface area contributed by atoms with Crippen LogP contribution < -0.4 is 4.74 Å². The van der Waals surface area contributed by atoms with Crippen molar-refractivity contribution < 1.29 is 4.74 Å². The van der Waals surface area contributed by atoms with Crippen molar-refractivity contribution in [1.29, 1.82) is 5.26 Å². The van der Waals surface area contributed by atoms with Gasteiger partial charge in [0.1, 0.15) is 5.75 Å². The Morgan fingerprint density at radius 2 is 2.29 bits per heavy atom. The minimum absolute atomic E-state index is 0.626. The number of rotatable bonds is 3. The zero-order valence-electron chi connectivity index (χ0n) is 9.84. The Kier molecular flexibility index (Phi) is 3.10. The number of nitriles is 1. The molecule has 86 valence electrons. The molecule has 1 aromatic heterocycles. The van der Waals surface area contributed by atoms with Gasteiger partial charge in [0, 0.05) is 23.9 Å². The lowest BCUT2D eigenvalue weighted by atomic mass is 10.0. The van der Waals surface area contributed by atoms with Crippen molar-refractivity contribution in [1.82, 2.24) is 9.78 Å². The van der Waals surface area contributed by atoms with Gasteiger partial charge in [-0.3, -0.25) is 4.68 Å². The van der Waals surface area contributed by atoms with Crippen LogP contribution in [0, 0.1) is 11.3 Å². The van der Waals surface area contributed by atoms with Crippen LogP contribution in [0.4, 0.5) is 0 Å². The Morgan fingerprint density at radius 1 is 1.47 bits per heavy atom. The molecule has 4 nitrogen and oxygen atoms in total. The maximum absolute atomic E-state index is 9.09. The van der Waals surface area contributed by atoms with E-state index in [9.17, 15) is 0 Å². The Morgan fingerprint density at radius 3 is 2.88 bits per heavy atom. The van der Waals surface area contributed by atoms with E-state index < -0.39 is 0 Å². The third-order valence-electron chi connectivity index (χ3n) is 2.62. The molecule has 0 aliphatic heterocycles. The number of benzene rings is 1. The fraction of sp³-hybridized carbons (Fsp3) is 0.231. The Bertz CT molecular complexity index is 566. The van der Waals surface area contributed by atoms with Crippen LogP contribution in [-0.4, -0.2) is 16.9 Å². The molecular formula is C13H13N3O. The number of hydrogen-bond donors (Lipinski definition) is 0. The number of aromatic nitrogens is 2. The van der Waals surface area contributed by atoms with Crippen LogP contribution in [0.25, 0.3) is 11.1 Å². The molecule has 0 aliphatic rings. The maximum Gasteiger partial charge on any atom is 0.119 e. The lowest BCUT2D eigenvalue weighted by Gasteiger charge is -2.04. The van der Waals surface area contributed by atoms with Crippen molar-refractivity contribution in [3.63, 3.8) is 0 Å². The quantitative estimate of drug-likeness (QED) is 0.809. The highest BCUT2D eigenvalue weighted by Crippen LogP contribution is 2.27. The lowest BCUT2D eigenvalue weighted by Crippen LogP contribution is -1.92. The predicted molar refractivity (Wildman–Crippen MR) is 64.6 cm³/mol. The minimum Gasteiger partial charge on any atom is -0.497 e. The molecule has 0 radical (unpaired) electrons. The highest BCUT2D eigenvalue weighted by molar-refractivity contribution is 5.71. The second kappa shape index (κ2) is 4.71. The summed E-state index contributed by atoms with van der Waals surface area (Å²) in [5, 5.41) is 13.3. The summed E-state index contributed by atoms with van der Waals surface area (Å²) in [7, 11) is 1.61. The average molecular weight is 227 g/mol. The zero-order valence-corrected chi connectivity index (χ0v) is 9.84. The smallest absolute Gasteiger partial charge is 0.119 e. The summed E-state index contributed by atoms with van der Waals surface area (Å²) in [6.45, 7) is 2.83. The van der Waals surface area contributed by atoms with E-state index in [0.717, 1.165) is 23.4 Å². The van der Waals surface area contributed by atoms with Crippen molar-refractivity contribution in [2.45, 2.75) is 13.5 Å². The molecule has 17 heavy (non-hydrogen) atoms. The van der Waals surface area contributed by atoms with E-state index in [0.29, 0.717) is 5.56 Å². The van der Waals surface area contributed by atoms with Gasteiger partial charge in [0.25, 0.3) is 0 Å². The van der Waals surface area contributed by atoms with Gasteiger partial charge >= 0.3 is 0 Å². The van der Waals surface area contributed by atoms with Crippen molar-refractivity contribution in [2.24, 2.45) is 0 Å². The van der Waals surface area contributed by atoms with Crippen LogP contribution >= 0.6 is 0 Å². The van der Waals surface area contributed by atoms with Gasteiger partial charge in [0.2, 0.25) is 0 Å². The molecule has 0 saturated carbocycles. The topological polar surface area (TPSA) is 50.8 Å². The predicted octanol–water partition coefficient (Wildman–Crippen LogP) is 2.45. The first-order valence-corrected chi connectivity index (χ1v) is 5.39. The van der Waals surface area contributed by atoms with E-state index in [1.165, 1.54) is 0 Å². The molecule has 0 atom stereocenters. The molecule has 4 heteroatoms. The van der Waals surface area contributed by atoms with E-state index in [1.54, 1.807) is 25.4 Å². The lowest BCUT2D eigenvalue weighted by molar-refractivity contribution is 0.415. The Labute approximate surface area is 100 Å². The van der Waals surface area contributed by atoms with E-state index in [2.05, 4.69) is 11.2 Å². The summed E-state index contributed by atoms with van der Waals surface area (Å²) in [6.07, 6.45) is 3.69. The molecule has 2 rings (SSSR count). The van der Waals surface area contributed by atoms with E-state index in [-0.39, 0.29) is 0 Å². The van der Waals surface area contributed by atoms with Gasteiger partial charge in [-0.1, -0.05) is 0 Å². The Hall–Kier alpha value is -2.28. The molecule has 2 aromatic rings. The second-order valence-electron chi connectivity index (χ2n) is 3.61. The minimum atomic E-state index is 0.626. The van der Waals surface area contributed by atoms with E-state index >= 15 is 0 Å². The highest BCUT2D eigenvalue weighted by Gasteiger charge is 2.08. The molecule has 0 unspecified atom stereocenters. The molecule has 1 heterocycles. The SMILES string of the molecule is CCn1cc(-c2cc(OC)ccc2C#N)cn1. The molecule has 0 amide bonds. The van der Waals surface area contributed by atoms with Gasteiger partial charge < -0.3 is 4.74 Å². The van der Waals surface area contributed by atoms with Crippen LogP contribution in [0.2, 0.25) is 0 Å². The largest absolute Gasteiger partial charge is 0.497 e. The number of hydrogen-bond acceptors (Lipinski definition) is 3. The molecule has 0 fully saturated rings. The monoisotopic (exact) mass is 227 g/mol. The molecule has 0 bridgehead atoms. The van der Waals surface area contributed by atoms with Gasteiger partial charge in [-0.2, -0.15) is 10.4 Å². The van der Waals surface area contributed by atoms with Crippen LogP contribution in [0.15, 0.2) is 30.6 Å². The van der Waals surface area contributed by atoms with E-state index in [1.807, 2.05) is 23.9 Å². The molecule has 0 N–H and O–H groups in total. The number of aryl methyl sites for hydroxylation is 1. The van der Waals surface area contributed by atoms with Crippen molar-refractivity contribution >= 4 is 0 Å². The summed E-state index contributed by atoms with van der Waals surface area (Å²) in [6, 6.07) is 7.58. The van der Waals surface area contributed by atoms with Crippen LogP contribution in [0.3, 0.4) is 0 Å². The maximum atomic E-state index is 9.09. The zero-order chi connectivity index (χ0) is 12.3. The third-order valence-corrected chi connectivity index (χ3v) is 2.62. The van der Waals surface area contributed by atoms with Gasteiger partial charge in [0.05, 0.1) is 24.9 Å². The van der Waals surface area contributed by atoms with Crippen molar-refractivity contribution in [3.05, 3.63) is 36.2 Å². The first kappa shape index (κ1) is 11.2. The standard InChI is InChI=1S/C13H13N3O/c1-3-16-9-11(8-15-16)13-6-12(17-2)5-4-10(13)7-14/h4-6,8-9H,3H2,1-2H3. The molecular weight excluding hydrogens is 214 g/mol. The van der Waals surface area contributed by atoms with Crippen LogP contribution in [0.1, 0.15) is 12.5 Å². The number of ether oxygens (including phenoxy) is 1. The fourth-order valence-corrected chi connectivity index (χ4v) is 1.66. The number of methoxy groups -OCH3 is 1. The summed E-state index contributed by atoms with van der Waals surface area (Å²) in [4.78, 5) is 0. The summed E-state index contributed by atoms with van der Waals surface area (Å²) in [5.41, 5.74) is 2.41. The van der Waals surface area contributed by atoms with E-state index in [4.69, 9.17) is 10.00 Å². The molecule has 1 aromatic carbocycles. The second-order valence-corrected chi connectivity index (χ2v) is 3.61. The fourth-order valence-electron chi connectivity index (χ4n) is 1.66.